The lowest BCUT2D eigenvalue weighted by atomic mass is 10.2. The predicted octanol–water partition coefficient (Wildman–Crippen LogP) is 3.34. The molecular weight excluding hydrogens is 389 g/mol. The van der Waals surface area contributed by atoms with Crippen LogP contribution in [0.3, 0.4) is 0 Å². The largest absolute Gasteiger partial charge is 0.573 e. The molecular formula is C19H17F3N4O3. The first-order valence-electron chi connectivity index (χ1n) is 8.89. The third-order valence-corrected chi connectivity index (χ3v) is 4.55. The molecule has 1 N–H and O–H groups in total. The zero-order valence-electron chi connectivity index (χ0n) is 15.1. The SMILES string of the molecule is OC1CC(c2nc(-c3ccc(OC(F)(F)F)cc3)no2)N(Cc2ccccn2)C1. The summed E-state index contributed by atoms with van der Waals surface area (Å²) in [5.41, 5.74) is 1.34. The van der Waals surface area contributed by atoms with Gasteiger partial charge in [-0.25, -0.2) is 0 Å². The number of halogens is 3. The number of β-amino-alcohol motifs (C(OH)–C–C–N with tert-alkyl or cyclic N) is 1. The van der Waals surface area contributed by atoms with Gasteiger partial charge in [-0.1, -0.05) is 11.2 Å². The van der Waals surface area contributed by atoms with Gasteiger partial charge in [-0.2, -0.15) is 4.98 Å². The van der Waals surface area contributed by atoms with E-state index in [0.717, 1.165) is 5.69 Å². The van der Waals surface area contributed by atoms with Crippen molar-refractivity contribution in [1.82, 2.24) is 20.0 Å². The Bertz CT molecular complexity index is 947. The number of ether oxygens (including phenoxy) is 1. The van der Waals surface area contributed by atoms with Gasteiger partial charge in [0.1, 0.15) is 5.75 Å². The summed E-state index contributed by atoms with van der Waals surface area (Å²) in [7, 11) is 0. The number of hydrogen-bond donors (Lipinski definition) is 1. The molecule has 1 aromatic carbocycles. The minimum Gasteiger partial charge on any atom is -0.406 e. The average molecular weight is 406 g/mol. The summed E-state index contributed by atoms with van der Waals surface area (Å²) >= 11 is 0. The van der Waals surface area contributed by atoms with E-state index in [2.05, 4.69) is 19.9 Å². The number of likely N-dealkylation sites (tertiary alicyclic amines) is 1. The van der Waals surface area contributed by atoms with Crippen molar-refractivity contribution in [2.45, 2.75) is 31.5 Å². The number of pyridine rings is 1. The molecule has 0 saturated carbocycles. The second-order valence-electron chi connectivity index (χ2n) is 6.68. The van der Waals surface area contributed by atoms with Crippen LogP contribution >= 0.6 is 0 Å². The normalized spacial score (nSPS) is 20.1. The molecule has 10 heteroatoms. The third kappa shape index (κ3) is 4.72. The van der Waals surface area contributed by atoms with Crippen molar-refractivity contribution in [3.63, 3.8) is 0 Å². The number of nitrogens with zero attached hydrogens (tertiary/aromatic N) is 4. The zero-order chi connectivity index (χ0) is 20.4. The van der Waals surface area contributed by atoms with E-state index < -0.39 is 12.5 Å². The van der Waals surface area contributed by atoms with Gasteiger partial charge in [-0.15, -0.1) is 13.2 Å². The van der Waals surface area contributed by atoms with E-state index in [-0.39, 0.29) is 17.6 Å². The van der Waals surface area contributed by atoms with Crippen LogP contribution in [0, 0.1) is 0 Å². The molecule has 3 heterocycles. The molecule has 3 aromatic rings. The van der Waals surface area contributed by atoms with Crippen molar-refractivity contribution >= 4 is 0 Å². The number of aromatic nitrogens is 3. The maximum atomic E-state index is 12.3. The lowest BCUT2D eigenvalue weighted by Gasteiger charge is -2.20. The summed E-state index contributed by atoms with van der Waals surface area (Å²) in [5, 5.41) is 14.0. The number of hydrogen-bond acceptors (Lipinski definition) is 7. The smallest absolute Gasteiger partial charge is 0.406 e. The first-order chi connectivity index (χ1) is 13.9. The molecule has 4 rings (SSSR count). The number of rotatable bonds is 5. The molecule has 29 heavy (non-hydrogen) atoms. The molecule has 152 valence electrons. The Balaban J connectivity index is 1.50. The van der Waals surface area contributed by atoms with Gasteiger partial charge in [0.15, 0.2) is 0 Å². The van der Waals surface area contributed by atoms with Crippen LogP contribution in [-0.4, -0.2) is 44.1 Å². The van der Waals surface area contributed by atoms with Gasteiger partial charge in [0.25, 0.3) is 0 Å². The second-order valence-corrected chi connectivity index (χ2v) is 6.68. The highest BCUT2D eigenvalue weighted by molar-refractivity contribution is 5.55. The van der Waals surface area contributed by atoms with E-state index in [1.165, 1.54) is 24.3 Å². The van der Waals surface area contributed by atoms with Crippen molar-refractivity contribution in [3.05, 3.63) is 60.2 Å². The fourth-order valence-corrected chi connectivity index (χ4v) is 3.30. The van der Waals surface area contributed by atoms with Crippen molar-refractivity contribution in [1.29, 1.82) is 0 Å². The van der Waals surface area contributed by atoms with Crippen LogP contribution in [0.25, 0.3) is 11.4 Å². The highest BCUT2D eigenvalue weighted by Gasteiger charge is 2.36. The fourth-order valence-electron chi connectivity index (χ4n) is 3.30. The maximum absolute atomic E-state index is 12.3. The van der Waals surface area contributed by atoms with E-state index >= 15 is 0 Å². The van der Waals surface area contributed by atoms with Gasteiger partial charge < -0.3 is 14.4 Å². The van der Waals surface area contributed by atoms with Crippen molar-refractivity contribution in [2.75, 3.05) is 6.54 Å². The lowest BCUT2D eigenvalue weighted by Crippen LogP contribution is -2.25. The molecule has 0 aliphatic carbocycles. The third-order valence-electron chi connectivity index (χ3n) is 4.55. The topological polar surface area (TPSA) is 84.5 Å². The molecule has 2 aromatic heterocycles. The quantitative estimate of drug-likeness (QED) is 0.696. The molecule has 7 nitrogen and oxygen atoms in total. The van der Waals surface area contributed by atoms with Gasteiger partial charge >= 0.3 is 6.36 Å². The Labute approximate surface area is 163 Å². The summed E-state index contributed by atoms with van der Waals surface area (Å²) in [6, 6.07) is 10.6. The highest BCUT2D eigenvalue weighted by Crippen LogP contribution is 2.33. The Kier molecular flexibility index (Phi) is 5.20. The molecule has 0 bridgehead atoms. The van der Waals surface area contributed by atoms with Crippen LogP contribution in [0.4, 0.5) is 13.2 Å². The average Bonchev–Trinajstić information content (AvgIpc) is 3.29. The Morgan fingerprint density at radius 1 is 1.17 bits per heavy atom. The zero-order valence-corrected chi connectivity index (χ0v) is 15.1. The van der Waals surface area contributed by atoms with Crippen LogP contribution in [0.15, 0.2) is 53.2 Å². The number of aliphatic hydroxyl groups is 1. The van der Waals surface area contributed by atoms with Crippen LogP contribution < -0.4 is 4.74 Å². The molecule has 0 radical (unpaired) electrons. The summed E-state index contributed by atoms with van der Waals surface area (Å²) in [5.74, 6) is 0.256. The standard InChI is InChI=1S/C19H17F3N4O3/c20-19(21,22)28-15-6-4-12(5-7-15)17-24-18(29-25-17)16-9-14(27)11-26(16)10-13-3-1-2-8-23-13/h1-8,14,16,27H,9-11H2. The van der Waals surface area contributed by atoms with Crippen LogP contribution in [-0.2, 0) is 6.54 Å². The molecule has 1 aliphatic heterocycles. The van der Waals surface area contributed by atoms with Crippen molar-refractivity contribution in [2.24, 2.45) is 0 Å². The van der Waals surface area contributed by atoms with E-state index in [1.807, 2.05) is 23.1 Å². The molecule has 2 atom stereocenters. The molecule has 1 aliphatic rings. The van der Waals surface area contributed by atoms with Gasteiger partial charge in [0.2, 0.25) is 11.7 Å². The van der Waals surface area contributed by atoms with Gasteiger partial charge in [-0.05, 0) is 42.8 Å². The minimum atomic E-state index is -4.75. The number of benzene rings is 1. The monoisotopic (exact) mass is 406 g/mol. The lowest BCUT2D eigenvalue weighted by molar-refractivity contribution is -0.274. The molecule has 1 fully saturated rings. The predicted molar refractivity (Wildman–Crippen MR) is 94.4 cm³/mol. The van der Waals surface area contributed by atoms with E-state index in [4.69, 9.17) is 4.52 Å². The number of alkyl halides is 3. The van der Waals surface area contributed by atoms with Gasteiger partial charge in [-0.3, -0.25) is 9.88 Å². The summed E-state index contributed by atoms with van der Waals surface area (Å²) in [6.07, 6.45) is -3.14. The minimum absolute atomic E-state index is 0.248. The Morgan fingerprint density at radius 3 is 2.66 bits per heavy atom. The summed E-state index contributed by atoms with van der Waals surface area (Å²) < 4.78 is 46.1. The Hall–Kier alpha value is -2.98. The highest BCUT2D eigenvalue weighted by atomic mass is 19.4. The van der Waals surface area contributed by atoms with Crippen LogP contribution in [0.5, 0.6) is 5.75 Å². The van der Waals surface area contributed by atoms with Crippen molar-refractivity contribution < 1.29 is 27.5 Å². The van der Waals surface area contributed by atoms with E-state index in [9.17, 15) is 18.3 Å². The van der Waals surface area contributed by atoms with Crippen LogP contribution in [0.2, 0.25) is 0 Å². The van der Waals surface area contributed by atoms with E-state index in [1.54, 1.807) is 6.20 Å². The second kappa shape index (κ2) is 7.80. The summed E-state index contributed by atoms with van der Waals surface area (Å²) in [4.78, 5) is 10.7. The molecule has 0 amide bonds. The Morgan fingerprint density at radius 2 is 1.97 bits per heavy atom. The van der Waals surface area contributed by atoms with Gasteiger partial charge in [0, 0.05) is 24.8 Å². The summed E-state index contributed by atoms with van der Waals surface area (Å²) in [6.45, 7) is 0.964. The fraction of sp³-hybridized carbons (Fsp3) is 0.316. The molecule has 2 unspecified atom stereocenters. The van der Waals surface area contributed by atoms with Crippen molar-refractivity contribution in [3.8, 4) is 17.1 Å². The first kappa shape index (κ1) is 19.3. The van der Waals surface area contributed by atoms with Crippen LogP contribution in [0.1, 0.15) is 24.0 Å². The van der Waals surface area contributed by atoms with E-state index in [0.29, 0.717) is 31.0 Å². The number of aliphatic hydroxyl groups excluding tert-OH is 1. The van der Waals surface area contributed by atoms with Gasteiger partial charge in [0.05, 0.1) is 17.8 Å². The molecule has 1 saturated heterocycles. The first-order valence-corrected chi connectivity index (χ1v) is 8.89. The maximum Gasteiger partial charge on any atom is 0.573 e. The molecule has 0 spiro atoms.